The normalized spacial score (nSPS) is 14.4. The molecule has 1 amide bonds. The SMILES string of the molecule is O=C1NCN2C=C(Br)C=CC2=C1c1c(Cl)cccc1Cl.O=c1ncn2cc(Br)ccc2c1-c1c(Cl)cccc1Cl. The average Bonchev–Trinajstić information content (AvgIpc) is 2.91. The molecular formula is C28H16Br2Cl4N4O2. The van der Waals surface area contributed by atoms with Crippen LogP contribution in [0.2, 0.25) is 20.1 Å². The maximum absolute atomic E-state index is 12.3. The molecule has 6 rings (SSSR count). The molecule has 0 radical (unpaired) electrons. The molecule has 4 heterocycles. The van der Waals surface area contributed by atoms with Crippen LogP contribution < -0.4 is 10.9 Å². The Labute approximate surface area is 265 Å². The first-order chi connectivity index (χ1) is 19.2. The smallest absolute Gasteiger partial charge is 0.281 e. The van der Waals surface area contributed by atoms with Gasteiger partial charge in [-0.25, -0.2) is 0 Å². The van der Waals surface area contributed by atoms with Gasteiger partial charge in [0.2, 0.25) is 0 Å². The summed E-state index contributed by atoms with van der Waals surface area (Å²) in [5.41, 5.74) is 3.07. The van der Waals surface area contributed by atoms with Crippen molar-refractivity contribution >= 4 is 95.3 Å². The molecule has 2 aromatic carbocycles. The molecule has 0 unspecified atom stereocenters. The van der Waals surface area contributed by atoms with E-state index in [4.69, 9.17) is 46.4 Å². The fourth-order valence-corrected chi connectivity index (χ4v) is 6.18. The predicted molar refractivity (Wildman–Crippen MR) is 169 cm³/mol. The molecule has 6 nitrogen and oxygen atoms in total. The fourth-order valence-electron chi connectivity index (χ4n) is 4.27. The molecule has 0 aliphatic carbocycles. The first kappa shape index (κ1) is 28.9. The Morgan fingerprint density at radius 3 is 2.08 bits per heavy atom. The molecule has 0 spiro atoms. The molecule has 12 heteroatoms. The number of pyridine rings is 1. The van der Waals surface area contributed by atoms with Gasteiger partial charge in [0.1, 0.15) is 6.33 Å². The Kier molecular flexibility index (Phi) is 8.75. The molecule has 0 atom stereocenters. The van der Waals surface area contributed by atoms with E-state index in [1.54, 1.807) is 40.8 Å². The molecule has 0 fully saturated rings. The fraction of sp³-hybridized carbons (Fsp3) is 0.0357. The summed E-state index contributed by atoms with van der Waals surface area (Å²) < 4.78 is 3.56. The highest BCUT2D eigenvalue weighted by atomic mass is 79.9. The van der Waals surface area contributed by atoms with Crippen LogP contribution in [-0.2, 0) is 4.79 Å². The van der Waals surface area contributed by atoms with E-state index in [1.807, 2.05) is 41.6 Å². The number of rotatable bonds is 2. The van der Waals surface area contributed by atoms with E-state index in [9.17, 15) is 9.59 Å². The van der Waals surface area contributed by atoms with Gasteiger partial charge in [0.15, 0.2) is 0 Å². The van der Waals surface area contributed by atoms with Gasteiger partial charge < -0.3 is 14.6 Å². The van der Waals surface area contributed by atoms with Gasteiger partial charge >= 0.3 is 0 Å². The number of fused-ring (bicyclic) bond motifs is 2. The third-order valence-electron chi connectivity index (χ3n) is 6.02. The van der Waals surface area contributed by atoms with Crippen molar-refractivity contribution in [3.05, 3.63) is 130 Å². The van der Waals surface area contributed by atoms with Crippen molar-refractivity contribution in [2.45, 2.75) is 0 Å². The van der Waals surface area contributed by atoms with Crippen molar-refractivity contribution in [3.63, 3.8) is 0 Å². The van der Waals surface area contributed by atoms with E-state index in [0.29, 0.717) is 54.5 Å². The largest absolute Gasteiger partial charge is 0.334 e. The summed E-state index contributed by atoms with van der Waals surface area (Å²) in [4.78, 5) is 30.2. The molecule has 2 aliphatic rings. The molecule has 0 saturated heterocycles. The van der Waals surface area contributed by atoms with Crippen LogP contribution in [0.3, 0.4) is 0 Å². The average molecular weight is 742 g/mol. The molecule has 2 aromatic heterocycles. The zero-order valence-electron chi connectivity index (χ0n) is 20.1. The van der Waals surface area contributed by atoms with E-state index in [-0.39, 0.29) is 11.5 Å². The number of halogens is 6. The van der Waals surface area contributed by atoms with Crippen LogP contribution in [-0.4, -0.2) is 26.9 Å². The summed E-state index contributed by atoms with van der Waals surface area (Å²) >= 11 is 31.6. The number of carbonyl (C=O) groups excluding carboxylic acids is 1. The van der Waals surface area contributed by atoms with Crippen molar-refractivity contribution in [3.8, 4) is 11.1 Å². The molecule has 1 N–H and O–H groups in total. The topological polar surface area (TPSA) is 66.7 Å². The number of hydrogen-bond donors (Lipinski definition) is 1. The van der Waals surface area contributed by atoms with Gasteiger partial charge in [0.05, 0.1) is 49.1 Å². The number of hydrogen-bond acceptors (Lipinski definition) is 4. The van der Waals surface area contributed by atoms with Crippen LogP contribution in [0.1, 0.15) is 5.56 Å². The Morgan fingerprint density at radius 1 is 0.800 bits per heavy atom. The van der Waals surface area contributed by atoms with Gasteiger partial charge in [-0.15, -0.1) is 0 Å². The second-order valence-corrected chi connectivity index (χ2v) is 12.0. The maximum atomic E-state index is 12.3. The predicted octanol–water partition coefficient (Wildman–Crippen LogP) is 8.33. The van der Waals surface area contributed by atoms with Gasteiger partial charge in [0, 0.05) is 32.5 Å². The molecule has 40 heavy (non-hydrogen) atoms. The van der Waals surface area contributed by atoms with Crippen LogP contribution >= 0.6 is 78.3 Å². The number of benzene rings is 2. The highest BCUT2D eigenvalue weighted by Gasteiger charge is 2.29. The van der Waals surface area contributed by atoms with Crippen molar-refractivity contribution in [1.82, 2.24) is 19.6 Å². The quantitative estimate of drug-likeness (QED) is 0.225. The molecule has 0 bridgehead atoms. The third-order valence-corrected chi connectivity index (χ3v) is 8.22. The minimum Gasteiger partial charge on any atom is -0.334 e. The standard InChI is InChI=1S/C14H9BrCl2N2O.C14H7BrCl2N2O/c2*15-8-4-5-11-13(14(20)18-7-19(11)6-8)12-9(16)2-1-3-10(12)17/h1-6H,7H2,(H,18,20);1-7H. The minimum absolute atomic E-state index is 0.178. The third kappa shape index (κ3) is 5.75. The van der Waals surface area contributed by atoms with E-state index in [2.05, 4.69) is 42.2 Å². The lowest BCUT2D eigenvalue weighted by Crippen LogP contribution is -2.41. The van der Waals surface area contributed by atoms with E-state index in [1.165, 1.54) is 6.33 Å². The van der Waals surface area contributed by atoms with Gasteiger partial charge in [-0.3, -0.25) is 9.59 Å². The Bertz CT molecular complexity index is 1790. The molecule has 2 aliphatic heterocycles. The summed E-state index contributed by atoms with van der Waals surface area (Å²) in [5, 5.41) is 4.58. The lowest BCUT2D eigenvalue weighted by molar-refractivity contribution is -0.116. The summed E-state index contributed by atoms with van der Waals surface area (Å²) in [5.74, 6) is -0.178. The second-order valence-electron chi connectivity index (χ2n) is 8.50. The Morgan fingerprint density at radius 2 is 1.43 bits per heavy atom. The van der Waals surface area contributed by atoms with Crippen molar-refractivity contribution in [2.24, 2.45) is 0 Å². The maximum Gasteiger partial charge on any atom is 0.281 e. The van der Waals surface area contributed by atoms with Crippen LogP contribution in [0.25, 0.3) is 22.2 Å². The van der Waals surface area contributed by atoms with Crippen LogP contribution in [0.4, 0.5) is 0 Å². The van der Waals surface area contributed by atoms with E-state index >= 15 is 0 Å². The summed E-state index contributed by atoms with van der Waals surface area (Å²) in [6.07, 6.45) is 8.94. The van der Waals surface area contributed by atoms with Crippen molar-refractivity contribution < 1.29 is 4.79 Å². The van der Waals surface area contributed by atoms with Crippen molar-refractivity contribution in [2.75, 3.05) is 6.67 Å². The lowest BCUT2D eigenvalue weighted by Gasteiger charge is -2.32. The number of aromatic nitrogens is 2. The monoisotopic (exact) mass is 738 g/mol. The highest BCUT2D eigenvalue weighted by Crippen LogP contribution is 2.37. The zero-order valence-corrected chi connectivity index (χ0v) is 26.3. The van der Waals surface area contributed by atoms with Gasteiger partial charge in [-0.05, 0) is 80.4 Å². The Balaban J connectivity index is 0.000000161. The van der Waals surface area contributed by atoms with Crippen molar-refractivity contribution in [1.29, 1.82) is 0 Å². The van der Waals surface area contributed by atoms with Gasteiger partial charge in [-0.2, -0.15) is 4.98 Å². The molecule has 202 valence electrons. The first-order valence-electron chi connectivity index (χ1n) is 11.6. The van der Waals surface area contributed by atoms with Crippen LogP contribution in [0, 0.1) is 0 Å². The number of nitrogens with one attached hydrogen (secondary N) is 1. The number of allylic oxidation sites excluding steroid dienone is 3. The van der Waals surface area contributed by atoms with Gasteiger partial charge in [-0.1, -0.05) is 58.5 Å². The minimum atomic E-state index is -0.359. The second kappa shape index (κ2) is 12.1. The zero-order chi connectivity index (χ0) is 28.6. The van der Waals surface area contributed by atoms with Crippen LogP contribution in [0.5, 0.6) is 0 Å². The number of nitrogens with zero attached hydrogens (tertiary/aromatic N) is 3. The summed E-state index contributed by atoms with van der Waals surface area (Å²) in [6.45, 7) is 0.416. The van der Waals surface area contributed by atoms with Crippen LogP contribution in [0.15, 0.2) is 98.9 Å². The number of carbonyl (C=O) groups is 1. The molecule has 4 aromatic rings. The van der Waals surface area contributed by atoms with E-state index < -0.39 is 0 Å². The van der Waals surface area contributed by atoms with Gasteiger partial charge in [0.25, 0.3) is 11.5 Å². The Hall–Kier alpha value is -2.59. The lowest BCUT2D eigenvalue weighted by atomic mass is 9.99. The molecule has 0 saturated carbocycles. The first-order valence-corrected chi connectivity index (χ1v) is 14.7. The molecular weight excluding hydrogens is 726 g/mol. The number of amides is 1. The summed E-state index contributed by atoms with van der Waals surface area (Å²) in [7, 11) is 0. The highest BCUT2D eigenvalue weighted by molar-refractivity contribution is 9.12. The van der Waals surface area contributed by atoms with E-state index in [0.717, 1.165) is 14.7 Å². The summed E-state index contributed by atoms with van der Waals surface area (Å²) in [6, 6.07) is 14.0.